The van der Waals surface area contributed by atoms with Gasteiger partial charge in [0.25, 0.3) is 0 Å². The van der Waals surface area contributed by atoms with Crippen molar-refractivity contribution < 1.29 is 0 Å². The molecule has 0 aromatic heterocycles. The van der Waals surface area contributed by atoms with Gasteiger partial charge in [0.2, 0.25) is 0 Å². The van der Waals surface area contributed by atoms with E-state index in [9.17, 15) is 0 Å². The van der Waals surface area contributed by atoms with Crippen LogP contribution in [0.15, 0.2) is 24.3 Å². The third kappa shape index (κ3) is 2.04. The summed E-state index contributed by atoms with van der Waals surface area (Å²) in [7, 11) is 0. The van der Waals surface area contributed by atoms with Crippen LogP contribution in [-0.4, -0.2) is 19.1 Å². The Morgan fingerprint density at radius 2 is 2.07 bits per heavy atom. The second-order valence-electron chi connectivity index (χ2n) is 3.53. The van der Waals surface area contributed by atoms with Crippen molar-refractivity contribution in [3.05, 3.63) is 29.8 Å². The van der Waals surface area contributed by atoms with Gasteiger partial charge in [0, 0.05) is 18.8 Å². The summed E-state index contributed by atoms with van der Waals surface area (Å²) in [6.07, 6.45) is 0.491. The van der Waals surface area contributed by atoms with Gasteiger partial charge in [-0.25, -0.2) is 0 Å². The predicted molar refractivity (Wildman–Crippen MR) is 56.0 cm³/mol. The maximum absolute atomic E-state index is 8.51. The monoisotopic (exact) mass is 187 g/mol. The highest BCUT2D eigenvalue weighted by atomic mass is 15.1. The second-order valence-corrected chi connectivity index (χ2v) is 3.53. The van der Waals surface area contributed by atoms with E-state index in [1.807, 2.05) is 24.3 Å². The van der Waals surface area contributed by atoms with E-state index in [2.05, 4.69) is 16.7 Å². The summed E-state index contributed by atoms with van der Waals surface area (Å²) >= 11 is 0. The maximum Gasteiger partial charge on any atom is 0.0669 e. The highest BCUT2D eigenvalue weighted by Crippen LogP contribution is 2.12. The Morgan fingerprint density at radius 3 is 2.57 bits per heavy atom. The largest absolute Gasteiger partial charge is 0.380 e. The lowest BCUT2D eigenvalue weighted by Gasteiger charge is -2.28. The fourth-order valence-electron chi connectivity index (χ4n) is 1.44. The first-order chi connectivity index (χ1) is 6.88. The second kappa shape index (κ2) is 4.12. The summed E-state index contributed by atoms with van der Waals surface area (Å²) < 4.78 is 0. The molecule has 0 bridgehead atoms. The Bertz CT molecular complexity index is 333. The molecule has 0 aliphatic carbocycles. The van der Waals surface area contributed by atoms with Gasteiger partial charge < -0.3 is 10.6 Å². The van der Waals surface area contributed by atoms with Crippen molar-refractivity contribution in [2.24, 2.45) is 0 Å². The van der Waals surface area contributed by atoms with E-state index < -0.39 is 0 Å². The molecule has 1 aliphatic rings. The molecule has 0 radical (unpaired) electrons. The highest BCUT2D eigenvalue weighted by molar-refractivity contribution is 5.46. The van der Waals surface area contributed by atoms with E-state index in [1.54, 1.807) is 0 Å². The van der Waals surface area contributed by atoms with Crippen molar-refractivity contribution in [3.63, 3.8) is 0 Å². The summed E-state index contributed by atoms with van der Waals surface area (Å²) in [5, 5.41) is 15.1. The summed E-state index contributed by atoms with van der Waals surface area (Å²) in [5.41, 5.74) is 2.21. The standard InChI is InChI=1S/C11H13N3/c12-6-5-9-1-3-10(4-2-9)14-11-7-13-8-11/h1-4,11,13-14H,5,7-8H2. The fraction of sp³-hybridized carbons (Fsp3) is 0.364. The third-order valence-electron chi connectivity index (χ3n) is 2.39. The van der Waals surface area contributed by atoms with Gasteiger partial charge in [0.05, 0.1) is 18.5 Å². The van der Waals surface area contributed by atoms with Gasteiger partial charge in [0.15, 0.2) is 0 Å². The number of hydrogen-bond acceptors (Lipinski definition) is 3. The van der Waals surface area contributed by atoms with Crippen LogP contribution in [0.25, 0.3) is 0 Å². The molecule has 3 nitrogen and oxygen atoms in total. The minimum atomic E-state index is 0.491. The molecule has 1 aliphatic heterocycles. The number of nitrogens with one attached hydrogen (secondary N) is 2. The Morgan fingerprint density at radius 1 is 1.36 bits per heavy atom. The lowest BCUT2D eigenvalue weighted by atomic mass is 10.1. The van der Waals surface area contributed by atoms with Crippen molar-refractivity contribution in [1.82, 2.24) is 5.32 Å². The van der Waals surface area contributed by atoms with E-state index in [0.29, 0.717) is 12.5 Å². The van der Waals surface area contributed by atoms with Crippen LogP contribution in [0.3, 0.4) is 0 Å². The van der Waals surface area contributed by atoms with Crippen LogP contribution in [-0.2, 0) is 6.42 Å². The van der Waals surface area contributed by atoms with Crippen LogP contribution in [0.2, 0.25) is 0 Å². The molecule has 0 unspecified atom stereocenters. The minimum Gasteiger partial charge on any atom is -0.380 e. The molecule has 2 N–H and O–H groups in total. The summed E-state index contributed by atoms with van der Waals surface area (Å²) in [5.74, 6) is 0. The van der Waals surface area contributed by atoms with E-state index in [0.717, 1.165) is 24.3 Å². The first-order valence-electron chi connectivity index (χ1n) is 4.81. The summed E-state index contributed by atoms with van der Waals surface area (Å²) in [6, 6.07) is 10.8. The molecule has 1 saturated heterocycles. The number of hydrogen-bond donors (Lipinski definition) is 2. The Balaban J connectivity index is 1.95. The topological polar surface area (TPSA) is 47.9 Å². The average Bonchev–Trinajstić information content (AvgIpc) is 2.14. The van der Waals surface area contributed by atoms with Crippen LogP contribution >= 0.6 is 0 Å². The highest BCUT2D eigenvalue weighted by Gasteiger charge is 2.15. The van der Waals surface area contributed by atoms with Gasteiger partial charge in [-0.2, -0.15) is 5.26 Å². The maximum atomic E-state index is 8.51. The molecule has 1 fully saturated rings. The third-order valence-corrected chi connectivity index (χ3v) is 2.39. The van der Waals surface area contributed by atoms with Crippen LogP contribution in [0, 0.1) is 11.3 Å². The molecule has 3 heteroatoms. The summed E-state index contributed by atoms with van der Waals surface area (Å²) in [4.78, 5) is 0. The summed E-state index contributed by atoms with van der Waals surface area (Å²) in [6.45, 7) is 2.08. The van der Waals surface area contributed by atoms with Crippen LogP contribution in [0.4, 0.5) is 5.69 Å². The zero-order chi connectivity index (χ0) is 9.80. The van der Waals surface area contributed by atoms with Gasteiger partial charge >= 0.3 is 0 Å². The molecule has 0 atom stereocenters. The lowest BCUT2D eigenvalue weighted by molar-refractivity contribution is 0.472. The zero-order valence-corrected chi connectivity index (χ0v) is 7.96. The van der Waals surface area contributed by atoms with Gasteiger partial charge in [-0.15, -0.1) is 0 Å². The first kappa shape index (κ1) is 9.04. The molecule has 1 heterocycles. The van der Waals surface area contributed by atoms with Crippen molar-refractivity contribution in [2.75, 3.05) is 18.4 Å². The average molecular weight is 187 g/mol. The number of rotatable bonds is 3. The Hall–Kier alpha value is -1.53. The normalized spacial score (nSPS) is 15.6. The minimum absolute atomic E-state index is 0.491. The predicted octanol–water partition coefficient (Wildman–Crippen LogP) is 1.14. The van der Waals surface area contributed by atoms with Crippen molar-refractivity contribution >= 4 is 5.69 Å². The van der Waals surface area contributed by atoms with Crippen LogP contribution in [0.5, 0.6) is 0 Å². The molecule has 0 amide bonds. The van der Waals surface area contributed by atoms with Gasteiger partial charge in [-0.3, -0.25) is 0 Å². The number of nitriles is 1. The zero-order valence-electron chi connectivity index (χ0n) is 7.96. The van der Waals surface area contributed by atoms with Crippen molar-refractivity contribution in [1.29, 1.82) is 5.26 Å². The molecular weight excluding hydrogens is 174 g/mol. The quantitative estimate of drug-likeness (QED) is 0.746. The lowest BCUT2D eigenvalue weighted by Crippen LogP contribution is -2.51. The molecular formula is C11H13N3. The molecule has 1 aromatic rings. The Labute approximate surface area is 83.7 Å². The van der Waals surface area contributed by atoms with E-state index in [-0.39, 0.29) is 0 Å². The van der Waals surface area contributed by atoms with Crippen molar-refractivity contribution in [2.45, 2.75) is 12.5 Å². The van der Waals surface area contributed by atoms with E-state index >= 15 is 0 Å². The molecule has 0 saturated carbocycles. The molecule has 14 heavy (non-hydrogen) atoms. The van der Waals surface area contributed by atoms with Crippen LogP contribution < -0.4 is 10.6 Å². The molecule has 0 spiro atoms. The molecule has 72 valence electrons. The number of nitrogens with zero attached hydrogens (tertiary/aromatic N) is 1. The smallest absolute Gasteiger partial charge is 0.0669 e. The Kier molecular flexibility index (Phi) is 2.66. The number of benzene rings is 1. The van der Waals surface area contributed by atoms with E-state index in [4.69, 9.17) is 5.26 Å². The fourth-order valence-corrected chi connectivity index (χ4v) is 1.44. The number of anilines is 1. The van der Waals surface area contributed by atoms with Crippen molar-refractivity contribution in [3.8, 4) is 6.07 Å². The molecule has 1 aromatic carbocycles. The van der Waals surface area contributed by atoms with Crippen LogP contribution in [0.1, 0.15) is 5.56 Å². The SMILES string of the molecule is N#CCc1ccc(NC2CNC2)cc1. The molecule has 2 rings (SSSR count). The van der Waals surface area contributed by atoms with Gasteiger partial charge in [-0.1, -0.05) is 12.1 Å². The van der Waals surface area contributed by atoms with Gasteiger partial charge in [0.1, 0.15) is 0 Å². The first-order valence-corrected chi connectivity index (χ1v) is 4.81. The van der Waals surface area contributed by atoms with Gasteiger partial charge in [-0.05, 0) is 17.7 Å². The van der Waals surface area contributed by atoms with E-state index in [1.165, 1.54) is 0 Å².